The third-order valence-electron chi connectivity index (χ3n) is 4.36. The molecule has 2 N–H and O–H groups in total. The SMILES string of the molecule is Cl.NC1(c2noc(Cc3csc(Cc4ccc(F)cc4)n3)n2)CCC1. The van der Waals surface area contributed by atoms with Crippen LogP contribution in [-0.2, 0) is 18.4 Å². The minimum atomic E-state index is -0.405. The molecule has 1 aromatic carbocycles. The zero-order valence-electron chi connectivity index (χ0n) is 13.4. The van der Waals surface area contributed by atoms with E-state index in [-0.39, 0.29) is 18.2 Å². The van der Waals surface area contributed by atoms with Gasteiger partial charge in [0.2, 0.25) is 5.89 Å². The number of rotatable bonds is 5. The Morgan fingerprint density at radius 1 is 1.16 bits per heavy atom. The van der Waals surface area contributed by atoms with E-state index in [9.17, 15) is 4.39 Å². The average Bonchev–Trinajstić information content (AvgIpc) is 3.18. The van der Waals surface area contributed by atoms with Crippen molar-refractivity contribution in [2.45, 2.75) is 37.6 Å². The molecule has 0 unspecified atom stereocenters. The standard InChI is InChI=1S/C17H17FN4OS.ClH/c18-12-4-2-11(3-5-12)8-15-20-13(10-24-15)9-14-21-16(22-23-14)17(19)6-1-7-17;/h2-5,10H,1,6-9,19H2;1H. The molecule has 4 rings (SSSR count). The van der Waals surface area contributed by atoms with Gasteiger partial charge in [0.1, 0.15) is 5.82 Å². The number of benzene rings is 1. The molecule has 2 heterocycles. The lowest BCUT2D eigenvalue weighted by atomic mass is 9.77. The highest BCUT2D eigenvalue weighted by Gasteiger charge is 2.38. The third-order valence-corrected chi connectivity index (χ3v) is 5.26. The number of halogens is 2. The van der Waals surface area contributed by atoms with Crippen molar-refractivity contribution in [1.29, 1.82) is 0 Å². The van der Waals surface area contributed by atoms with E-state index >= 15 is 0 Å². The molecule has 1 saturated carbocycles. The summed E-state index contributed by atoms with van der Waals surface area (Å²) in [5.41, 5.74) is 7.73. The van der Waals surface area contributed by atoms with Crippen LogP contribution in [0.4, 0.5) is 4.39 Å². The predicted octanol–water partition coefficient (Wildman–Crippen LogP) is 3.61. The van der Waals surface area contributed by atoms with Gasteiger partial charge in [-0.05, 0) is 37.0 Å². The Balaban J connectivity index is 0.00000182. The molecule has 5 nitrogen and oxygen atoms in total. The number of aromatic nitrogens is 3. The van der Waals surface area contributed by atoms with Gasteiger partial charge in [-0.2, -0.15) is 4.98 Å². The zero-order valence-corrected chi connectivity index (χ0v) is 15.1. The summed E-state index contributed by atoms with van der Waals surface area (Å²) >= 11 is 1.58. The molecular formula is C17H18ClFN4OS. The second kappa shape index (κ2) is 7.19. The van der Waals surface area contributed by atoms with Gasteiger partial charge in [-0.1, -0.05) is 17.3 Å². The van der Waals surface area contributed by atoms with Crippen LogP contribution in [0.2, 0.25) is 0 Å². The van der Waals surface area contributed by atoms with E-state index in [1.807, 2.05) is 5.38 Å². The van der Waals surface area contributed by atoms with Gasteiger partial charge in [0.25, 0.3) is 0 Å². The highest BCUT2D eigenvalue weighted by atomic mass is 35.5. The third kappa shape index (κ3) is 3.89. The van der Waals surface area contributed by atoms with Crippen molar-refractivity contribution in [2.75, 3.05) is 0 Å². The van der Waals surface area contributed by atoms with Crippen LogP contribution in [-0.4, -0.2) is 15.1 Å². The van der Waals surface area contributed by atoms with Crippen molar-refractivity contribution in [3.8, 4) is 0 Å². The Morgan fingerprint density at radius 3 is 2.60 bits per heavy atom. The summed E-state index contributed by atoms with van der Waals surface area (Å²) in [7, 11) is 0. The summed E-state index contributed by atoms with van der Waals surface area (Å²) in [5, 5.41) is 6.99. The predicted molar refractivity (Wildman–Crippen MR) is 95.4 cm³/mol. The van der Waals surface area contributed by atoms with E-state index in [0.717, 1.165) is 35.5 Å². The summed E-state index contributed by atoms with van der Waals surface area (Å²) in [6, 6.07) is 6.49. The minimum absolute atomic E-state index is 0. The lowest BCUT2D eigenvalue weighted by Gasteiger charge is -2.34. The van der Waals surface area contributed by atoms with Gasteiger partial charge in [-0.15, -0.1) is 23.7 Å². The first-order valence-corrected chi connectivity index (χ1v) is 8.78. The number of hydrogen-bond donors (Lipinski definition) is 1. The van der Waals surface area contributed by atoms with Gasteiger partial charge < -0.3 is 10.3 Å². The molecule has 132 valence electrons. The lowest BCUT2D eigenvalue weighted by molar-refractivity contribution is 0.229. The summed E-state index contributed by atoms with van der Waals surface area (Å²) in [4.78, 5) is 9.02. The molecule has 0 radical (unpaired) electrons. The van der Waals surface area contributed by atoms with E-state index in [2.05, 4.69) is 15.1 Å². The number of thiazole rings is 1. The molecule has 1 aliphatic carbocycles. The van der Waals surface area contributed by atoms with Crippen molar-refractivity contribution in [1.82, 2.24) is 15.1 Å². The Labute approximate surface area is 154 Å². The van der Waals surface area contributed by atoms with Crippen LogP contribution in [0, 0.1) is 5.82 Å². The van der Waals surface area contributed by atoms with Gasteiger partial charge >= 0.3 is 0 Å². The Kier molecular flexibility index (Phi) is 5.17. The van der Waals surface area contributed by atoms with Crippen molar-refractivity contribution in [3.05, 3.63) is 63.4 Å². The quantitative estimate of drug-likeness (QED) is 0.731. The van der Waals surface area contributed by atoms with E-state index in [1.165, 1.54) is 12.1 Å². The summed E-state index contributed by atoms with van der Waals surface area (Å²) in [5.74, 6) is 0.917. The van der Waals surface area contributed by atoms with Crippen LogP contribution >= 0.6 is 23.7 Å². The molecular weight excluding hydrogens is 363 g/mol. The first-order valence-electron chi connectivity index (χ1n) is 7.90. The smallest absolute Gasteiger partial charge is 0.232 e. The number of nitrogens with two attached hydrogens (primary N) is 1. The van der Waals surface area contributed by atoms with Crippen molar-refractivity contribution < 1.29 is 8.91 Å². The molecule has 0 amide bonds. The van der Waals surface area contributed by atoms with Gasteiger partial charge in [0.05, 0.1) is 22.7 Å². The van der Waals surface area contributed by atoms with Crippen LogP contribution in [0.5, 0.6) is 0 Å². The van der Waals surface area contributed by atoms with Gasteiger partial charge in [-0.3, -0.25) is 0 Å². The van der Waals surface area contributed by atoms with Crippen LogP contribution in [0.15, 0.2) is 34.2 Å². The fourth-order valence-electron chi connectivity index (χ4n) is 2.75. The molecule has 1 fully saturated rings. The maximum absolute atomic E-state index is 12.9. The second-order valence-electron chi connectivity index (χ2n) is 6.23. The molecule has 0 atom stereocenters. The Bertz CT molecular complexity index is 844. The van der Waals surface area contributed by atoms with E-state index < -0.39 is 5.54 Å². The fraction of sp³-hybridized carbons (Fsp3) is 0.353. The van der Waals surface area contributed by atoms with E-state index in [0.29, 0.717) is 24.6 Å². The van der Waals surface area contributed by atoms with Crippen LogP contribution in [0.1, 0.15) is 47.2 Å². The maximum atomic E-state index is 12.9. The van der Waals surface area contributed by atoms with Crippen LogP contribution in [0.3, 0.4) is 0 Å². The maximum Gasteiger partial charge on any atom is 0.232 e. The molecule has 25 heavy (non-hydrogen) atoms. The molecule has 1 aliphatic rings. The summed E-state index contributed by atoms with van der Waals surface area (Å²) in [6.07, 6.45) is 4.11. The highest BCUT2D eigenvalue weighted by molar-refractivity contribution is 7.09. The van der Waals surface area contributed by atoms with Crippen molar-refractivity contribution in [3.63, 3.8) is 0 Å². The highest BCUT2D eigenvalue weighted by Crippen LogP contribution is 2.36. The Morgan fingerprint density at radius 2 is 1.92 bits per heavy atom. The normalized spacial score (nSPS) is 15.4. The topological polar surface area (TPSA) is 77.8 Å². The van der Waals surface area contributed by atoms with E-state index in [4.69, 9.17) is 10.3 Å². The molecule has 0 bridgehead atoms. The van der Waals surface area contributed by atoms with Crippen LogP contribution in [0.25, 0.3) is 0 Å². The molecule has 0 aliphatic heterocycles. The first-order chi connectivity index (χ1) is 11.6. The van der Waals surface area contributed by atoms with Crippen LogP contribution < -0.4 is 5.73 Å². The van der Waals surface area contributed by atoms with Crippen molar-refractivity contribution in [2.24, 2.45) is 5.73 Å². The molecule has 8 heteroatoms. The average molecular weight is 381 g/mol. The second-order valence-corrected chi connectivity index (χ2v) is 7.18. The molecule has 0 saturated heterocycles. The van der Waals surface area contributed by atoms with E-state index in [1.54, 1.807) is 23.5 Å². The Hall–Kier alpha value is -1.83. The van der Waals surface area contributed by atoms with Gasteiger partial charge in [0, 0.05) is 11.8 Å². The lowest BCUT2D eigenvalue weighted by Crippen LogP contribution is -2.44. The summed E-state index contributed by atoms with van der Waals surface area (Å²) in [6.45, 7) is 0. The first kappa shape index (κ1) is 18.0. The number of hydrogen-bond acceptors (Lipinski definition) is 6. The molecule has 0 spiro atoms. The largest absolute Gasteiger partial charge is 0.339 e. The molecule has 3 aromatic rings. The monoisotopic (exact) mass is 380 g/mol. The van der Waals surface area contributed by atoms with Crippen molar-refractivity contribution >= 4 is 23.7 Å². The molecule has 2 aromatic heterocycles. The zero-order chi connectivity index (χ0) is 16.6. The van der Waals surface area contributed by atoms with Gasteiger partial charge in [0.15, 0.2) is 5.82 Å². The minimum Gasteiger partial charge on any atom is -0.339 e. The van der Waals surface area contributed by atoms with Gasteiger partial charge in [-0.25, -0.2) is 9.37 Å². The summed E-state index contributed by atoms with van der Waals surface area (Å²) < 4.78 is 18.3. The number of nitrogens with zero attached hydrogens (tertiary/aromatic N) is 3. The fourth-order valence-corrected chi connectivity index (χ4v) is 3.58.